The smallest absolute Gasteiger partial charge is 0.232 e. The molecule has 1 aliphatic rings. The summed E-state index contributed by atoms with van der Waals surface area (Å²) in [6.07, 6.45) is 0.847. The summed E-state index contributed by atoms with van der Waals surface area (Å²) >= 11 is 0. The van der Waals surface area contributed by atoms with Crippen LogP contribution in [-0.2, 0) is 14.8 Å². The van der Waals surface area contributed by atoms with Gasteiger partial charge in [-0.05, 0) is 44.2 Å². The van der Waals surface area contributed by atoms with Crippen molar-refractivity contribution in [1.29, 1.82) is 0 Å². The van der Waals surface area contributed by atoms with E-state index in [0.29, 0.717) is 17.9 Å². The number of anilines is 2. The van der Waals surface area contributed by atoms with Crippen molar-refractivity contribution < 1.29 is 13.2 Å². The van der Waals surface area contributed by atoms with Crippen molar-refractivity contribution in [3.63, 3.8) is 0 Å². The lowest BCUT2D eigenvalue weighted by molar-refractivity contribution is -0.119. The Hall–Kier alpha value is -1.31. The highest BCUT2D eigenvalue weighted by molar-refractivity contribution is 7.92. The maximum atomic E-state index is 11.9. The van der Waals surface area contributed by atoms with Crippen LogP contribution in [0, 0.1) is 5.92 Å². The largest absolute Gasteiger partial charge is 0.326 e. The van der Waals surface area contributed by atoms with Crippen LogP contribution >= 0.6 is 12.4 Å². The number of nitrogens with one attached hydrogen (secondary N) is 3. The molecule has 0 spiro atoms. The Bertz CT molecular complexity index is 569. The fourth-order valence-electron chi connectivity index (χ4n) is 2.00. The number of benzene rings is 1. The summed E-state index contributed by atoms with van der Waals surface area (Å²) in [5.41, 5.74) is 1.16. The molecule has 1 aliphatic heterocycles. The normalized spacial score (nSPS) is 17.9. The van der Waals surface area contributed by atoms with E-state index < -0.39 is 10.0 Å². The highest BCUT2D eigenvalue weighted by Gasteiger charge is 2.22. The first kappa shape index (κ1) is 17.7. The van der Waals surface area contributed by atoms with Crippen molar-refractivity contribution in [2.45, 2.75) is 13.3 Å². The second kappa shape index (κ2) is 7.63. The monoisotopic (exact) mass is 333 g/mol. The van der Waals surface area contributed by atoms with Crippen LogP contribution in [-0.4, -0.2) is 33.2 Å². The predicted octanol–water partition coefficient (Wildman–Crippen LogP) is 1.42. The molecule has 2 rings (SSSR count). The fourth-order valence-corrected chi connectivity index (χ4v) is 2.64. The minimum Gasteiger partial charge on any atom is -0.326 e. The Balaban J connectivity index is 0.00000220. The topological polar surface area (TPSA) is 87.3 Å². The maximum Gasteiger partial charge on any atom is 0.232 e. The molecule has 6 nitrogen and oxygen atoms in total. The van der Waals surface area contributed by atoms with Crippen LogP contribution in [0.2, 0.25) is 0 Å². The Kier molecular flexibility index (Phi) is 6.44. The number of carbonyl (C=O) groups excluding carboxylic acids is 1. The number of carbonyl (C=O) groups is 1. The molecule has 8 heteroatoms. The minimum absolute atomic E-state index is 0. The van der Waals surface area contributed by atoms with E-state index in [0.717, 1.165) is 13.0 Å². The number of amides is 1. The third kappa shape index (κ3) is 5.18. The second-order valence-corrected chi connectivity index (χ2v) is 6.77. The lowest BCUT2D eigenvalue weighted by Gasteiger charge is -2.11. The summed E-state index contributed by atoms with van der Waals surface area (Å²) in [7, 11) is -3.27. The van der Waals surface area contributed by atoms with Crippen molar-refractivity contribution in [3.8, 4) is 0 Å². The van der Waals surface area contributed by atoms with Crippen LogP contribution < -0.4 is 15.4 Å². The van der Waals surface area contributed by atoms with Crippen LogP contribution in [0.15, 0.2) is 24.3 Å². The van der Waals surface area contributed by atoms with E-state index in [-0.39, 0.29) is 30.0 Å². The highest BCUT2D eigenvalue weighted by atomic mass is 35.5. The second-order valence-electron chi connectivity index (χ2n) is 4.76. The predicted molar refractivity (Wildman–Crippen MR) is 86.4 cm³/mol. The third-order valence-electron chi connectivity index (χ3n) is 3.24. The van der Waals surface area contributed by atoms with E-state index in [4.69, 9.17) is 0 Å². The molecule has 1 amide bonds. The van der Waals surface area contributed by atoms with E-state index in [1.54, 1.807) is 31.2 Å². The molecule has 21 heavy (non-hydrogen) atoms. The Morgan fingerprint density at radius 3 is 2.43 bits per heavy atom. The summed E-state index contributed by atoms with van der Waals surface area (Å²) in [6, 6.07) is 6.65. The van der Waals surface area contributed by atoms with Gasteiger partial charge in [0.1, 0.15) is 0 Å². The summed E-state index contributed by atoms with van der Waals surface area (Å²) < 4.78 is 25.3. The zero-order valence-electron chi connectivity index (χ0n) is 11.8. The van der Waals surface area contributed by atoms with Gasteiger partial charge in [-0.2, -0.15) is 0 Å². The zero-order chi connectivity index (χ0) is 14.6. The van der Waals surface area contributed by atoms with Gasteiger partial charge >= 0.3 is 0 Å². The fraction of sp³-hybridized carbons (Fsp3) is 0.462. The minimum atomic E-state index is -3.27. The molecular formula is C13H20ClN3O3S. The van der Waals surface area contributed by atoms with Gasteiger partial charge in [-0.3, -0.25) is 9.52 Å². The van der Waals surface area contributed by atoms with E-state index in [1.807, 2.05) is 0 Å². The lowest BCUT2D eigenvalue weighted by atomic mass is 10.1. The average molecular weight is 334 g/mol. The molecule has 3 N–H and O–H groups in total. The van der Waals surface area contributed by atoms with Crippen LogP contribution in [0.1, 0.15) is 13.3 Å². The molecule has 0 bridgehead atoms. The van der Waals surface area contributed by atoms with Gasteiger partial charge in [0.15, 0.2) is 0 Å². The van der Waals surface area contributed by atoms with Gasteiger partial charge in [-0.25, -0.2) is 8.42 Å². The van der Waals surface area contributed by atoms with E-state index in [9.17, 15) is 13.2 Å². The number of sulfonamides is 1. The molecule has 0 radical (unpaired) electrons. The van der Waals surface area contributed by atoms with Crippen molar-refractivity contribution in [2.24, 2.45) is 5.92 Å². The highest BCUT2D eigenvalue weighted by Crippen LogP contribution is 2.17. The number of halogens is 1. The number of rotatable bonds is 5. The Labute approximate surface area is 131 Å². The van der Waals surface area contributed by atoms with Gasteiger partial charge < -0.3 is 10.6 Å². The molecule has 1 aromatic carbocycles. The van der Waals surface area contributed by atoms with Crippen LogP contribution in [0.25, 0.3) is 0 Å². The summed E-state index contributed by atoms with van der Waals surface area (Å²) in [5, 5.41) is 5.97. The molecule has 1 unspecified atom stereocenters. The molecule has 1 saturated heterocycles. The van der Waals surface area contributed by atoms with E-state index in [1.165, 1.54) is 0 Å². The quantitative estimate of drug-likeness (QED) is 0.760. The van der Waals surface area contributed by atoms with E-state index >= 15 is 0 Å². The molecular weight excluding hydrogens is 314 g/mol. The lowest BCUT2D eigenvalue weighted by Crippen LogP contribution is -2.24. The van der Waals surface area contributed by atoms with Gasteiger partial charge in [0.25, 0.3) is 0 Å². The molecule has 0 aliphatic carbocycles. The van der Waals surface area contributed by atoms with Crippen molar-refractivity contribution in [2.75, 3.05) is 28.9 Å². The molecule has 1 atom stereocenters. The van der Waals surface area contributed by atoms with Crippen molar-refractivity contribution in [3.05, 3.63) is 24.3 Å². The first-order valence-corrected chi connectivity index (χ1v) is 8.27. The van der Waals surface area contributed by atoms with E-state index in [2.05, 4.69) is 15.4 Å². The first-order valence-electron chi connectivity index (χ1n) is 6.62. The van der Waals surface area contributed by atoms with Gasteiger partial charge in [0.05, 0.1) is 11.7 Å². The first-order chi connectivity index (χ1) is 9.50. The molecule has 1 heterocycles. The van der Waals surface area contributed by atoms with Crippen molar-refractivity contribution in [1.82, 2.24) is 5.32 Å². The summed E-state index contributed by atoms with van der Waals surface area (Å²) in [6.45, 7) is 3.16. The molecule has 0 aromatic heterocycles. The molecule has 1 aromatic rings. The number of hydrogen-bond donors (Lipinski definition) is 3. The van der Waals surface area contributed by atoms with Gasteiger partial charge in [-0.1, -0.05) is 0 Å². The van der Waals surface area contributed by atoms with Crippen LogP contribution in [0.5, 0.6) is 0 Å². The van der Waals surface area contributed by atoms with Gasteiger partial charge in [0, 0.05) is 17.9 Å². The summed E-state index contributed by atoms with van der Waals surface area (Å²) in [5.74, 6) is 0.0327. The van der Waals surface area contributed by atoms with Crippen LogP contribution in [0.3, 0.4) is 0 Å². The molecule has 1 fully saturated rings. The molecule has 118 valence electrons. The SMILES string of the molecule is CCS(=O)(=O)Nc1ccc(NC(=O)C2CCNC2)cc1.Cl. The van der Waals surface area contributed by atoms with Crippen LogP contribution in [0.4, 0.5) is 11.4 Å². The van der Waals surface area contributed by atoms with Gasteiger partial charge in [0.2, 0.25) is 15.9 Å². The zero-order valence-corrected chi connectivity index (χ0v) is 13.4. The average Bonchev–Trinajstić information content (AvgIpc) is 2.95. The summed E-state index contributed by atoms with van der Waals surface area (Å²) in [4.78, 5) is 11.9. The molecule has 0 saturated carbocycles. The number of hydrogen-bond acceptors (Lipinski definition) is 4. The third-order valence-corrected chi connectivity index (χ3v) is 4.54. The Morgan fingerprint density at radius 1 is 1.29 bits per heavy atom. The van der Waals surface area contributed by atoms with Gasteiger partial charge in [-0.15, -0.1) is 12.4 Å². The Morgan fingerprint density at radius 2 is 1.90 bits per heavy atom. The maximum absolute atomic E-state index is 11.9. The van der Waals surface area contributed by atoms with Crippen molar-refractivity contribution >= 4 is 39.7 Å². The standard InChI is InChI=1S/C13H19N3O3S.ClH/c1-2-20(18,19)16-12-5-3-11(4-6-12)15-13(17)10-7-8-14-9-10;/h3-6,10,14,16H,2,7-9H2,1H3,(H,15,17);1H.